The number of hydrogen-bond acceptors (Lipinski definition) is 6. The molecule has 0 spiro atoms. The van der Waals surface area contributed by atoms with Gasteiger partial charge in [0.05, 0.1) is 22.5 Å². The second kappa shape index (κ2) is 10.9. The lowest BCUT2D eigenvalue weighted by molar-refractivity contribution is -0.137. The lowest BCUT2D eigenvalue weighted by Gasteiger charge is -2.41. The van der Waals surface area contributed by atoms with Crippen molar-refractivity contribution in [2.75, 3.05) is 45.7 Å². The van der Waals surface area contributed by atoms with E-state index in [2.05, 4.69) is 34.3 Å². The van der Waals surface area contributed by atoms with E-state index in [1.54, 1.807) is 18.4 Å². The van der Waals surface area contributed by atoms with Gasteiger partial charge in [0.15, 0.2) is 0 Å². The summed E-state index contributed by atoms with van der Waals surface area (Å²) in [6.45, 7) is 2.97. The van der Waals surface area contributed by atoms with Gasteiger partial charge in [0, 0.05) is 49.5 Å². The maximum absolute atomic E-state index is 13.4. The van der Waals surface area contributed by atoms with Gasteiger partial charge in [-0.05, 0) is 37.7 Å². The molecule has 1 unspecified atom stereocenters. The Labute approximate surface area is 218 Å². The molecule has 0 radical (unpaired) electrons. The van der Waals surface area contributed by atoms with Gasteiger partial charge in [-0.15, -0.1) is 36.2 Å². The zero-order valence-corrected chi connectivity index (χ0v) is 21.7. The van der Waals surface area contributed by atoms with Crippen LogP contribution in [-0.4, -0.2) is 62.1 Å². The van der Waals surface area contributed by atoms with Gasteiger partial charge in [-0.2, -0.15) is 13.2 Å². The van der Waals surface area contributed by atoms with Gasteiger partial charge in [-0.3, -0.25) is 4.90 Å². The topological polar surface area (TPSA) is 40.1 Å². The van der Waals surface area contributed by atoms with Crippen LogP contribution < -0.4 is 5.32 Å². The number of ether oxygens (including phenoxy) is 1. The second-order valence-corrected chi connectivity index (χ2v) is 9.51. The lowest BCUT2D eigenvalue weighted by Crippen LogP contribution is -2.53. The maximum atomic E-state index is 13.4. The number of thiophene rings is 1. The molecule has 1 fully saturated rings. The van der Waals surface area contributed by atoms with Crippen LogP contribution in [0, 0.1) is 0 Å². The third-order valence-corrected chi connectivity index (χ3v) is 7.44. The van der Waals surface area contributed by atoms with Crippen molar-refractivity contribution in [1.29, 1.82) is 0 Å². The predicted molar refractivity (Wildman–Crippen MR) is 142 cm³/mol. The number of benzene rings is 2. The molecule has 0 aliphatic carbocycles. The van der Waals surface area contributed by atoms with Gasteiger partial charge in [-0.1, -0.05) is 18.2 Å². The number of aliphatic imine (C=N–C) groups is 1. The van der Waals surface area contributed by atoms with Gasteiger partial charge in [-0.25, -0.2) is 4.99 Å². The summed E-state index contributed by atoms with van der Waals surface area (Å²) in [5, 5.41) is 5.33. The first kappa shape index (κ1) is 27.5. The summed E-state index contributed by atoms with van der Waals surface area (Å²) in [5.41, 5.74) is 1.14. The quantitative estimate of drug-likeness (QED) is 0.404. The van der Waals surface area contributed by atoms with Gasteiger partial charge in [0.25, 0.3) is 0 Å². The molecule has 2 aliphatic heterocycles. The fourth-order valence-electron chi connectivity index (χ4n) is 4.49. The number of rotatable bonds is 3. The van der Waals surface area contributed by atoms with Crippen LogP contribution in [0.25, 0.3) is 10.1 Å². The van der Waals surface area contributed by atoms with Gasteiger partial charge >= 0.3 is 6.18 Å². The zero-order valence-electron chi connectivity index (χ0n) is 19.3. The summed E-state index contributed by atoms with van der Waals surface area (Å²) in [6, 6.07) is 12.1. The van der Waals surface area contributed by atoms with Gasteiger partial charge in [0.2, 0.25) is 0 Å². The Hall–Kier alpha value is -2.04. The van der Waals surface area contributed by atoms with Crippen LogP contribution in [0.1, 0.15) is 17.5 Å². The van der Waals surface area contributed by atoms with Crippen LogP contribution >= 0.6 is 36.2 Å². The molecule has 5 rings (SSSR count). The van der Waals surface area contributed by atoms with Gasteiger partial charge < -0.3 is 15.0 Å². The van der Waals surface area contributed by atoms with Crippen molar-refractivity contribution in [3.8, 4) is 0 Å². The molecule has 1 saturated heterocycles. The highest BCUT2D eigenvalue weighted by Gasteiger charge is 2.34. The Morgan fingerprint density at radius 3 is 2.66 bits per heavy atom. The van der Waals surface area contributed by atoms with Gasteiger partial charge in [0.1, 0.15) is 10.8 Å². The Balaban J connectivity index is 0.00000171. The number of anilines is 2. The predicted octanol–water partition coefficient (Wildman–Crippen LogP) is 6.55. The first-order valence-corrected chi connectivity index (χ1v) is 11.7. The molecule has 1 N–H and O–H groups in total. The molecule has 0 amide bonds. The molecule has 11 heteroatoms. The van der Waals surface area contributed by atoms with E-state index >= 15 is 0 Å². The average Bonchev–Trinajstić information content (AvgIpc) is 3.06. The largest absolute Gasteiger partial charge is 0.416 e. The van der Waals surface area contributed by atoms with Crippen molar-refractivity contribution in [2.24, 2.45) is 4.99 Å². The standard InChI is InChI=1S/C24H25F3N4OS.2ClH/c1-30-10-11-31(14-16(30)9-12-32-2)22-21-17-5-3-4-6-20(17)33-23(21)29-18-8-7-15(24(25,26)27)13-19(18)28-22;;/h3-8,13,16,29H,9-12,14H2,1-2H3;2*1H. The van der Waals surface area contributed by atoms with Crippen LogP contribution in [0.2, 0.25) is 0 Å². The summed E-state index contributed by atoms with van der Waals surface area (Å²) in [5.74, 6) is 0.726. The van der Waals surface area contributed by atoms with Crippen LogP contribution in [-0.2, 0) is 10.9 Å². The van der Waals surface area contributed by atoms with E-state index in [9.17, 15) is 13.2 Å². The molecule has 1 aromatic heterocycles. The number of alkyl halides is 3. The van der Waals surface area contributed by atoms with Crippen molar-refractivity contribution >= 4 is 68.4 Å². The first-order chi connectivity index (χ1) is 15.8. The number of halogens is 5. The van der Waals surface area contributed by atoms with E-state index in [4.69, 9.17) is 9.73 Å². The molecule has 0 saturated carbocycles. The summed E-state index contributed by atoms with van der Waals surface area (Å²) in [6.07, 6.45) is -3.55. The Bertz CT molecular complexity index is 1220. The SMILES string of the molecule is COCCC1CN(C2=Nc3cc(C(F)(F)F)ccc3Nc3sc4ccccc4c32)CCN1C.Cl.Cl. The minimum atomic E-state index is -4.42. The summed E-state index contributed by atoms with van der Waals surface area (Å²) < 4.78 is 46.7. The van der Waals surface area contributed by atoms with E-state index in [1.807, 2.05) is 12.1 Å². The smallest absolute Gasteiger partial charge is 0.385 e. The van der Waals surface area contributed by atoms with Crippen LogP contribution in [0.5, 0.6) is 0 Å². The Morgan fingerprint density at radius 2 is 1.91 bits per heavy atom. The molecule has 2 aromatic carbocycles. The monoisotopic (exact) mass is 546 g/mol. The fraction of sp³-hybridized carbons (Fsp3) is 0.375. The number of fused-ring (bicyclic) bond motifs is 4. The highest BCUT2D eigenvalue weighted by atomic mass is 35.5. The highest BCUT2D eigenvalue weighted by molar-refractivity contribution is 7.23. The molecule has 3 aromatic rings. The number of nitrogens with zero attached hydrogens (tertiary/aromatic N) is 3. The van der Waals surface area contributed by atoms with Crippen LogP contribution in [0.3, 0.4) is 0 Å². The van der Waals surface area contributed by atoms with E-state index in [0.29, 0.717) is 18.0 Å². The van der Waals surface area contributed by atoms with E-state index in [0.717, 1.165) is 64.7 Å². The zero-order chi connectivity index (χ0) is 23.2. The molecule has 35 heavy (non-hydrogen) atoms. The van der Waals surface area contributed by atoms with Crippen molar-refractivity contribution in [3.63, 3.8) is 0 Å². The van der Waals surface area contributed by atoms with Crippen molar-refractivity contribution < 1.29 is 17.9 Å². The summed E-state index contributed by atoms with van der Waals surface area (Å²) in [7, 11) is 3.80. The summed E-state index contributed by atoms with van der Waals surface area (Å²) in [4.78, 5) is 9.41. The van der Waals surface area contributed by atoms with Crippen molar-refractivity contribution in [2.45, 2.75) is 18.6 Å². The average molecular weight is 547 g/mol. The molecule has 2 aliphatic rings. The minimum absolute atomic E-state index is 0. The Kier molecular flexibility index (Phi) is 8.60. The molecule has 1 atom stereocenters. The number of piperazine rings is 1. The Morgan fingerprint density at radius 1 is 1.14 bits per heavy atom. The minimum Gasteiger partial charge on any atom is -0.385 e. The number of hydrogen-bond donors (Lipinski definition) is 1. The highest BCUT2D eigenvalue weighted by Crippen LogP contribution is 2.45. The first-order valence-electron chi connectivity index (χ1n) is 10.9. The van der Waals surface area contributed by atoms with Crippen LogP contribution in [0.4, 0.5) is 29.5 Å². The number of methoxy groups -OCH3 is 1. The summed E-state index contributed by atoms with van der Waals surface area (Å²) >= 11 is 1.60. The maximum Gasteiger partial charge on any atom is 0.416 e. The third-order valence-electron chi connectivity index (χ3n) is 6.35. The number of likely N-dealkylation sites (N-methyl/N-ethyl adjacent to an activating group) is 1. The number of nitrogens with one attached hydrogen (secondary N) is 1. The van der Waals surface area contributed by atoms with Crippen LogP contribution in [0.15, 0.2) is 47.5 Å². The van der Waals surface area contributed by atoms with Crippen molar-refractivity contribution in [1.82, 2.24) is 9.80 Å². The van der Waals surface area contributed by atoms with Crippen molar-refractivity contribution in [3.05, 3.63) is 53.6 Å². The van der Waals surface area contributed by atoms with E-state index in [-0.39, 0.29) is 30.9 Å². The lowest BCUT2D eigenvalue weighted by atomic mass is 10.1. The third kappa shape index (κ3) is 5.39. The molecule has 5 nitrogen and oxygen atoms in total. The fourth-order valence-corrected chi connectivity index (χ4v) is 5.60. The molecular formula is C24H27Cl2F3N4OS. The van der Waals surface area contributed by atoms with E-state index < -0.39 is 11.7 Å². The number of amidine groups is 1. The molecule has 190 valence electrons. The normalized spacial score (nSPS) is 17.9. The molecule has 3 heterocycles. The molecular weight excluding hydrogens is 520 g/mol. The van der Waals surface area contributed by atoms with E-state index in [1.165, 1.54) is 6.07 Å². The second-order valence-electron chi connectivity index (χ2n) is 8.45. The molecule has 0 bridgehead atoms.